The van der Waals surface area contributed by atoms with Gasteiger partial charge in [0.2, 0.25) is 0 Å². The molecule has 0 saturated heterocycles. The molecule has 20 heavy (non-hydrogen) atoms. The van der Waals surface area contributed by atoms with E-state index in [9.17, 15) is 13.5 Å². The van der Waals surface area contributed by atoms with Crippen LogP contribution in [0.15, 0.2) is 51.8 Å². The molecule has 0 unspecified atom stereocenters. The number of anilines is 1. The lowest BCUT2D eigenvalue weighted by Crippen LogP contribution is -2.13. The molecule has 0 aliphatic carbocycles. The first-order valence-electron chi connectivity index (χ1n) is 5.44. The minimum Gasteiger partial charge on any atom is -0.506 e. The van der Waals surface area contributed by atoms with Crippen LogP contribution in [0.25, 0.3) is 0 Å². The first-order chi connectivity index (χ1) is 9.42. The second-order valence-corrected chi connectivity index (χ2v) is 6.50. The highest BCUT2D eigenvalue weighted by molar-refractivity contribution is 9.10. The van der Waals surface area contributed by atoms with Crippen molar-refractivity contribution in [2.45, 2.75) is 4.90 Å². The minimum absolute atomic E-state index is 0.0101. The van der Waals surface area contributed by atoms with Gasteiger partial charge in [0, 0.05) is 4.47 Å². The zero-order valence-electron chi connectivity index (χ0n) is 10.0. The summed E-state index contributed by atoms with van der Waals surface area (Å²) in [6.45, 7) is 0. The van der Waals surface area contributed by atoms with Crippen LogP contribution in [0.4, 0.5) is 5.69 Å². The monoisotopic (exact) mass is 352 g/mol. The van der Waals surface area contributed by atoms with E-state index in [4.69, 9.17) is 5.26 Å². The number of sulfonamides is 1. The molecule has 0 aromatic heterocycles. The van der Waals surface area contributed by atoms with E-state index >= 15 is 0 Å². The molecular formula is C13H9BrN2O3S. The molecule has 0 aliphatic rings. The Bertz CT molecular complexity index is 780. The second-order valence-electron chi connectivity index (χ2n) is 3.90. The van der Waals surface area contributed by atoms with Gasteiger partial charge in [-0.2, -0.15) is 5.26 Å². The van der Waals surface area contributed by atoms with Gasteiger partial charge in [0.1, 0.15) is 5.75 Å². The van der Waals surface area contributed by atoms with E-state index in [0.717, 1.165) is 0 Å². The SMILES string of the molecule is N#Cc1ccc(S(=O)(=O)Nc2cc(Br)ccc2O)cc1. The van der Waals surface area contributed by atoms with Crippen LogP contribution in [0.2, 0.25) is 0 Å². The highest BCUT2D eigenvalue weighted by atomic mass is 79.9. The van der Waals surface area contributed by atoms with Crippen molar-refractivity contribution in [3.05, 3.63) is 52.5 Å². The fraction of sp³-hybridized carbons (Fsp3) is 0. The summed E-state index contributed by atoms with van der Waals surface area (Å²) in [5.74, 6) is -0.176. The van der Waals surface area contributed by atoms with E-state index in [0.29, 0.717) is 10.0 Å². The summed E-state index contributed by atoms with van der Waals surface area (Å²) in [4.78, 5) is 0.0101. The molecule has 0 bridgehead atoms. The summed E-state index contributed by atoms with van der Waals surface area (Å²) < 4.78 is 27.2. The molecule has 2 rings (SSSR count). The number of nitriles is 1. The van der Waals surface area contributed by atoms with Gasteiger partial charge >= 0.3 is 0 Å². The second kappa shape index (κ2) is 5.53. The van der Waals surface area contributed by atoms with E-state index in [1.54, 1.807) is 6.07 Å². The van der Waals surface area contributed by atoms with E-state index in [1.165, 1.54) is 36.4 Å². The zero-order valence-corrected chi connectivity index (χ0v) is 12.4. The van der Waals surface area contributed by atoms with Gasteiger partial charge in [-0.1, -0.05) is 15.9 Å². The first kappa shape index (κ1) is 14.4. The van der Waals surface area contributed by atoms with Crippen LogP contribution in [0.1, 0.15) is 5.56 Å². The van der Waals surface area contributed by atoms with Gasteiger partial charge in [0.25, 0.3) is 10.0 Å². The van der Waals surface area contributed by atoms with Crippen molar-refractivity contribution >= 4 is 31.6 Å². The third-order valence-electron chi connectivity index (χ3n) is 2.50. The van der Waals surface area contributed by atoms with Crippen LogP contribution in [-0.2, 0) is 10.0 Å². The molecule has 0 atom stereocenters. The Hall–Kier alpha value is -2.04. The molecule has 0 aliphatic heterocycles. The van der Waals surface area contributed by atoms with E-state index in [-0.39, 0.29) is 16.3 Å². The Morgan fingerprint density at radius 1 is 1.15 bits per heavy atom. The van der Waals surface area contributed by atoms with Gasteiger partial charge in [0.15, 0.2) is 0 Å². The molecule has 0 amide bonds. The molecule has 102 valence electrons. The van der Waals surface area contributed by atoms with Gasteiger partial charge in [-0.3, -0.25) is 4.72 Å². The van der Waals surface area contributed by atoms with Crippen LogP contribution < -0.4 is 4.72 Å². The third-order valence-corrected chi connectivity index (χ3v) is 4.37. The van der Waals surface area contributed by atoms with E-state index < -0.39 is 10.0 Å². The topological polar surface area (TPSA) is 90.2 Å². The number of phenolic OH excluding ortho intramolecular Hbond substituents is 1. The number of nitrogens with one attached hydrogen (secondary N) is 1. The summed E-state index contributed by atoms with van der Waals surface area (Å²) in [5.41, 5.74) is 0.443. The first-order valence-corrected chi connectivity index (χ1v) is 7.71. The average molecular weight is 353 g/mol. The number of phenols is 1. The summed E-state index contributed by atoms with van der Waals surface area (Å²) in [5, 5.41) is 18.3. The van der Waals surface area contributed by atoms with Gasteiger partial charge in [0.05, 0.1) is 22.2 Å². The van der Waals surface area contributed by atoms with Gasteiger partial charge < -0.3 is 5.11 Å². The number of hydrogen-bond acceptors (Lipinski definition) is 4. The normalized spacial score (nSPS) is 10.8. The maximum atomic E-state index is 12.1. The van der Waals surface area contributed by atoms with E-state index in [2.05, 4.69) is 20.7 Å². The lowest BCUT2D eigenvalue weighted by molar-refractivity contribution is 0.477. The molecule has 0 fully saturated rings. The van der Waals surface area contributed by atoms with Crippen molar-refractivity contribution in [2.75, 3.05) is 4.72 Å². The van der Waals surface area contributed by atoms with Crippen LogP contribution >= 0.6 is 15.9 Å². The Morgan fingerprint density at radius 2 is 1.80 bits per heavy atom. The predicted octanol–water partition coefficient (Wildman–Crippen LogP) is 2.83. The summed E-state index contributed by atoms with van der Waals surface area (Å²) in [6.07, 6.45) is 0. The molecule has 2 aromatic carbocycles. The number of aromatic hydroxyl groups is 1. The molecule has 0 spiro atoms. The number of rotatable bonds is 3. The fourth-order valence-corrected chi connectivity index (χ4v) is 2.93. The van der Waals surface area contributed by atoms with Crippen molar-refractivity contribution < 1.29 is 13.5 Å². The predicted molar refractivity (Wildman–Crippen MR) is 77.8 cm³/mol. The number of benzene rings is 2. The van der Waals surface area contributed by atoms with Gasteiger partial charge in [-0.25, -0.2) is 8.42 Å². The van der Waals surface area contributed by atoms with Crippen LogP contribution in [0.3, 0.4) is 0 Å². The molecule has 2 N–H and O–H groups in total. The van der Waals surface area contributed by atoms with Crippen molar-refractivity contribution in [3.63, 3.8) is 0 Å². The third kappa shape index (κ3) is 3.10. The number of nitrogens with zero attached hydrogens (tertiary/aromatic N) is 1. The number of hydrogen-bond donors (Lipinski definition) is 2. The molecule has 0 saturated carbocycles. The van der Waals surface area contributed by atoms with Crippen LogP contribution in [0, 0.1) is 11.3 Å². The largest absolute Gasteiger partial charge is 0.506 e. The minimum atomic E-state index is -3.82. The Morgan fingerprint density at radius 3 is 2.40 bits per heavy atom. The zero-order chi connectivity index (χ0) is 14.8. The Kier molecular flexibility index (Phi) is 3.97. The highest BCUT2D eigenvalue weighted by Crippen LogP contribution is 2.28. The van der Waals surface area contributed by atoms with Crippen molar-refractivity contribution in [1.82, 2.24) is 0 Å². The van der Waals surface area contributed by atoms with Crippen LogP contribution in [-0.4, -0.2) is 13.5 Å². The Balaban J connectivity index is 2.35. The standard InChI is InChI=1S/C13H9BrN2O3S/c14-10-3-6-13(17)12(7-10)16-20(18,19)11-4-1-9(8-15)2-5-11/h1-7,16-17H. The fourth-order valence-electron chi connectivity index (χ4n) is 1.50. The van der Waals surface area contributed by atoms with Crippen LogP contribution in [0.5, 0.6) is 5.75 Å². The van der Waals surface area contributed by atoms with Gasteiger partial charge in [-0.15, -0.1) is 0 Å². The van der Waals surface area contributed by atoms with Crippen molar-refractivity contribution in [3.8, 4) is 11.8 Å². The molecule has 0 radical (unpaired) electrons. The highest BCUT2D eigenvalue weighted by Gasteiger charge is 2.16. The molecule has 5 nitrogen and oxygen atoms in total. The van der Waals surface area contributed by atoms with Crippen molar-refractivity contribution in [1.29, 1.82) is 5.26 Å². The van der Waals surface area contributed by atoms with Crippen molar-refractivity contribution in [2.24, 2.45) is 0 Å². The lowest BCUT2D eigenvalue weighted by Gasteiger charge is -2.10. The lowest BCUT2D eigenvalue weighted by atomic mass is 10.2. The smallest absolute Gasteiger partial charge is 0.262 e. The summed E-state index contributed by atoms with van der Waals surface area (Å²) in [7, 11) is -3.82. The van der Waals surface area contributed by atoms with Gasteiger partial charge in [-0.05, 0) is 42.5 Å². The quantitative estimate of drug-likeness (QED) is 0.831. The molecule has 0 heterocycles. The molecular weight excluding hydrogens is 344 g/mol. The number of halogens is 1. The summed E-state index contributed by atoms with van der Waals surface area (Å²) in [6, 6.07) is 11.8. The Labute approximate surface area is 124 Å². The average Bonchev–Trinajstić information content (AvgIpc) is 2.43. The molecule has 7 heteroatoms. The summed E-state index contributed by atoms with van der Waals surface area (Å²) >= 11 is 3.20. The maximum Gasteiger partial charge on any atom is 0.262 e. The van der Waals surface area contributed by atoms with E-state index in [1.807, 2.05) is 6.07 Å². The molecule has 2 aromatic rings. The maximum absolute atomic E-state index is 12.1.